The Balaban J connectivity index is 2.16. The van der Waals surface area contributed by atoms with Gasteiger partial charge < -0.3 is 20.5 Å². The highest BCUT2D eigenvalue weighted by atomic mass is 16.5. The van der Waals surface area contributed by atoms with Gasteiger partial charge >= 0.3 is 0 Å². The fourth-order valence-electron chi connectivity index (χ4n) is 2.43. The molecular formula is C21H28N2O3. The number of carbonyl (C=O) groups excluding carboxylic acids is 1. The van der Waals surface area contributed by atoms with E-state index in [0.717, 1.165) is 5.56 Å². The van der Waals surface area contributed by atoms with Crippen molar-refractivity contribution in [3.63, 3.8) is 0 Å². The van der Waals surface area contributed by atoms with E-state index in [-0.39, 0.29) is 11.4 Å². The molecule has 26 heavy (non-hydrogen) atoms. The van der Waals surface area contributed by atoms with Crippen LogP contribution in [0.3, 0.4) is 0 Å². The minimum absolute atomic E-state index is 0.0944. The monoisotopic (exact) mass is 356 g/mol. The smallest absolute Gasteiger partial charge is 0.221 e. The summed E-state index contributed by atoms with van der Waals surface area (Å²) < 4.78 is 5.87. The molecule has 2 rings (SSSR count). The zero-order valence-corrected chi connectivity index (χ0v) is 15.9. The Morgan fingerprint density at radius 1 is 1.15 bits per heavy atom. The molecule has 0 aliphatic heterocycles. The maximum atomic E-state index is 11.4. The van der Waals surface area contributed by atoms with Crippen LogP contribution >= 0.6 is 0 Å². The molecule has 1 amide bonds. The summed E-state index contributed by atoms with van der Waals surface area (Å²) in [5.74, 6) is 0.434. The molecule has 3 N–H and O–H groups in total. The van der Waals surface area contributed by atoms with Gasteiger partial charge in [-0.15, -0.1) is 0 Å². The third-order valence-corrected chi connectivity index (χ3v) is 3.71. The van der Waals surface area contributed by atoms with Crippen molar-refractivity contribution in [2.24, 2.45) is 0 Å². The zero-order chi connectivity index (χ0) is 19.2. The number of amides is 1. The molecule has 0 saturated heterocycles. The summed E-state index contributed by atoms with van der Waals surface area (Å²) in [6.07, 6.45) is -0.706. The van der Waals surface area contributed by atoms with E-state index in [9.17, 15) is 9.90 Å². The van der Waals surface area contributed by atoms with Crippen molar-refractivity contribution < 1.29 is 14.6 Å². The van der Waals surface area contributed by atoms with Gasteiger partial charge in [0.15, 0.2) is 0 Å². The normalized spacial score (nSPS) is 12.5. The van der Waals surface area contributed by atoms with Crippen LogP contribution in [0.25, 0.3) is 0 Å². The van der Waals surface area contributed by atoms with Gasteiger partial charge in [0.1, 0.15) is 12.4 Å². The third kappa shape index (κ3) is 6.86. The predicted octanol–water partition coefficient (Wildman–Crippen LogP) is 3.65. The Bertz CT molecular complexity index is 724. The lowest BCUT2D eigenvalue weighted by molar-refractivity contribution is -0.114. The van der Waals surface area contributed by atoms with E-state index in [1.807, 2.05) is 57.2 Å². The van der Waals surface area contributed by atoms with Crippen LogP contribution in [-0.4, -0.2) is 23.1 Å². The quantitative estimate of drug-likeness (QED) is 0.708. The van der Waals surface area contributed by atoms with Gasteiger partial charge in [-0.2, -0.15) is 0 Å². The highest BCUT2D eigenvalue weighted by Gasteiger charge is 2.15. The SMILES string of the molecule is CC(=O)Nc1cc(OCc2ccccc2)cc(C(O)CNC(C)(C)C)c1. The highest BCUT2D eigenvalue weighted by molar-refractivity contribution is 5.89. The van der Waals surface area contributed by atoms with Gasteiger partial charge in [-0.25, -0.2) is 0 Å². The van der Waals surface area contributed by atoms with E-state index in [1.54, 1.807) is 12.1 Å². The van der Waals surface area contributed by atoms with Gasteiger partial charge in [0, 0.05) is 30.8 Å². The summed E-state index contributed by atoms with van der Waals surface area (Å²) in [6, 6.07) is 15.2. The van der Waals surface area contributed by atoms with Crippen LogP contribution in [0.2, 0.25) is 0 Å². The molecule has 1 unspecified atom stereocenters. The van der Waals surface area contributed by atoms with Crippen LogP contribution in [0, 0.1) is 0 Å². The maximum Gasteiger partial charge on any atom is 0.221 e. The summed E-state index contributed by atoms with van der Waals surface area (Å²) in [6.45, 7) is 8.41. The average Bonchev–Trinajstić information content (AvgIpc) is 2.57. The number of aliphatic hydroxyl groups is 1. The Morgan fingerprint density at radius 2 is 1.85 bits per heavy atom. The first-order valence-corrected chi connectivity index (χ1v) is 8.75. The first-order valence-electron chi connectivity index (χ1n) is 8.75. The van der Waals surface area contributed by atoms with Crippen LogP contribution in [0.5, 0.6) is 5.75 Å². The topological polar surface area (TPSA) is 70.6 Å². The maximum absolute atomic E-state index is 11.4. The van der Waals surface area contributed by atoms with Gasteiger partial charge in [0.05, 0.1) is 6.10 Å². The summed E-state index contributed by atoms with van der Waals surface area (Å²) in [5, 5.41) is 16.6. The highest BCUT2D eigenvalue weighted by Crippen LogP contribution is 2.26. The zero-order valence-electron chi connectivity index (χ0n) is 15.9. The Labute approximate surface area is 155 Å². The molecule has 0 aromatic heterocycles. The fourth-order valence-corrected chi connectivity index (χ4v) is 2.43. The second-order valence-electron chi connectivity index (χ2n) is 7.39. The molecule has 5 heteroatoms. The lowest BCUT2D eigenvalue weighted by atomic mass is 10.1. The van der Waals surface area contributed by atoms with E-state index < -0.39 is 6.10 Å². The molecule has 0 radical (unpaired) electrons. The van der Waals surface area contributed by atoms with Crippen molar-refractivity contribution in [1.29, 1.82) is 0 Å². The first kappa shape index (κ1) is 19.9. The molecule has 2 aromatic rings. The molecule has 0 bridgehead atoms. The third-order valence-electron chi connectivity index (χ3n) is 3.71. The molecule has 1 atom stereocenters. The molecule has 0 aliphatic carbocycles. The summed E-state index contributed by atoms with van der Waals surface area (Å²) in [7, 11) is 0. The van der Waals surface area contributed by atoms with Crippen LogP contribution in [0.1, 0.15) is 44.9 Å². The summed E-state index contributed by atoms with van der Waals surface area (Å²) >= 11 is 0. The second-order valence-corrected chi connectivity index (χ2v) is 7.39. The average molecular weight is 356 g/mol. The van der Waals surface area contributed by atoms with E-state index in [4.69, 9.17) is 4.74 Å². The molecule has 0 spiro atoms. The molecule has 0 aliphatic rings. The van der Waals surface area contributed by atoms with E-state index in [2.05, 4.69) is 10.6 Å². The van der Waals surface area contributed by atoms with Crippen LogP contribution in [0.15, 0.2) is 48.5 Å². The summed E-state index contributed by atoms with van der Waals surface area (Å²) in [5.41, 5.74) is 2.25. The number of hydrogen-bond acceptors (Lipinski definition) is 4. The van der Waals surface area contributed by atoms with Crippen molar-refractivity contribution in [2.75, 3.05) is 11.9 Å². The van der Waals surface area contributed by atoms with Crippen LogP contribution in [0.4, 0.5) is 5.69 Å². The van der Waals surface area contributed by atoms with Crippen LogP contribution in [-0.2, 0) is 11.4 Å². The van der Waals surface area contributed by atoms with Gasteiger partial charge in [-0.05, 0) is 44.0 Å². The number of ether oxygens (including phenoxy) is 1. The number of anilines is 1. The first-order chi connectivity index (χ1) is 12.2. The molecule has 140 valence electrons. The molecule has 5 nitrogen and oxygen atoms in total. The number of rotatable bonds is 7. The lowest BCUT2D eigenvalue weighted by Gasteiger charge is -2.23. The molecular weight excluding hydrogens is 328 g/mol. The predicted molar refractivity (Wildman–Crippen MR) is 104 cm³/mol. The number of carbonyl (C=O) groups is 1. The Morgan fingerprint density at radius 3 is 2.46 bits per heavy atom. The van der Waals surface area contributed by atoms with Crippen molar-refractivity contribution in [3.8, 4) is 5.75 Å². The number of benzene rings is 2. The van der Waals surface area contributed by atoms with E-state index in [0.29, 0.717) is 30.2 Å². The van der Waals surface area contributed by atoms with Crippen LogP contribution < -0.4 is 15.4 Å². The van der Waals surface area contributed by atoms with Crippen molar-refractivity contribution in [2.45, 2.75) is 45.9 Å². The molecule has 0 saturated carbocycles. The van der Waals surface area contributed by atoms with E-state index in [1.165, 1.54) is 6.92 Å². The van der Waals surface area contributed by atoms with Crippen molar-refractivity contribution >= 4 is 11.6 Å². The number of hydrogen-bond donors (Lipinski definition) is 3. The minimum atomic E-state index is -0.706. The van der Waals surface area contributed by atoms with Gasteiger partial charge in [-0.1, -0.05) is 30.3 Å². The lowest BCUT2D eigenvalue weighted by Crippen LogP contribution is -2.38. The number of nitrogens with one attached hydrogen (secondary N) is 2. The summed E-state index contributed by atoms with van der Waals surface area (Å²) in [4.78, 5) is 11.4. The molecule has 0 fully saturated rings. The Kier molecular flexibility index (Phi) is 6.77. The minimum Gasteiger partial charge on any atom is -0.489 e. The van der Waals surface area contributed by atoms with E-state index >= 15 is 0 Å². The second kappa shape index (κ2) is 8.83. The Hall–Kier alpha value is -2.37. The fraction of sp³-hybridized carbons (Fsp3) is 0.381. The molecule has 0 heterocycles. The van der Waals surface area contributed by atoms with Gasteiger partial charge in [-0.3, -0.25) is 4.79 Å². The largest absolute Gasteiger partial charge is 0.489 e. The van der Waals surface area contributed by atoms with Crippen molar-refractivity contribution in [1.82, 2.24) is 5.32 Å². The van der Waals surface area contributed by atoms with Gasteiger partial charge in [0.25, 0.3) is 0 Å². The standard InChI is InChI=1S/C21H28N2O3/c1-15(24)23-18-10-17(20(25)13-22-21(2,3)4)11-19(12-18)26-14-16-8-6-5-7-9-16/h5-12,20,22,25H,13-14H2,1-4H3,(H,23,24). The van der Waals surface area contributed by atoms with Crippen molar-refractivity contribution in [3.05, 3.63) is 59.7 Å². The molecule has 2 aromatic carbocycles. The number of β-amino-alcohol motifs (C(OH)–C–C–N with tert-alkyl or cyclic N) is 1. The van der Waals surface area contributed by atoms with Gasteiger partial charge in [0.2, 0.25) is 5.91 Å². The number of aliphatic hydroxyl groups excluding tert-OH is 1.